The Morgan fingerprint density at radius 1 is 1.19 bits per heavy atom. The number of benzene rings is 2. The van der Waals surface area contributed by atoms with Gasteiger partial charge in [-0.2, -0.15) is 0 Å². The van der Waals surface area contributed by atoms with Crippen molar-refractivity contribution in [2.24, 2.45) is 0 Å². The van der Waals surface area contributed by atoms with E-state index in [1.807, 2.05) is 19.1 Å². The van der Waals surface area contributed by atoms with Crippen LogP contribution in [0.4, 0.5) is 11.4 Å². The van der Waals surface area contributed by atoms with Gasteiger partial charge in [0, 0.05) is 17.8 Å². The third kappa shape index (κ3) is 6.02. The lowest BCUT2D eigenvalue weighted by Gasteiger charge is -2.11. The summed E-state index contributed by atoms with van der Waals surface area (Å²) >= 11 is 5.05. The molecule has 0 aliphatic carbocycles. The fourth-order valence-electron chi connectivity index (χ4n) is 2.09. The Morgan fingerprint density at radius 3 is 2.58 bits per heavy atom. The third-order valence-corrected chi connectivity index (χ3v) is 3.43. The number of thiocarbonyl (C=S) groups is 1. The number of ether oxygens (including phenoxy) is 1. The Morgan fingerprint density at radius 2 is 1.92 bits per heavy atom. The molecule has 2 aromatic carbocycles. The van der Waals surface area contributed by atoms with E-state index < -0.39 is 4.92 Å². The first-order chi connectivity index (χ1) is 12.5. The Kier molecular flexibility index (Phi) is 6.86. The summed E-state index contributed by atoms with van der Waals surface area (Å²) in [5.41, 5.74) is 6.24. The van der Waals surface area contributed by atoms with E-state index in [9.17, 15) is 14.9 Å². The number of hydrazine groups is 1. The van der Waals surface area contributed by atoms with Crippen LogP contribution in [0.5, 0.6) is 5.75 Å². The standard InChI is InChI=1S/C17H18N4O4S/c1-2-25-15-8-6-12(7-9-15)10-16(22)19-20-17(26)18-13-4-3-5-14(11-13)21(23)24/h3-9,11H,2,10H2,1H3,(H,19,22)(H2,18,20,26). The van der Waals surface area contributed by atoms with Gasteiger partial charge in [-0.1, -0.05) is 18.2 Å². The van der Waals surface area contributed by atoms with Crippen molar-refractivity contribution < 1.29 is 14.5 Å². The van der Waals surface area contributed by atoms with Crippen LogP contribution < -0.4 is 20.9 Å². The highest BCUT2D eigenvalue weighted by Gasteiger charge is 2.08. The molecule has 9 heteroatoms. The Labute approximate surface area is 155 Å². The van der Waals surface area contributed by atoms with Crippen molar-refractivity contribution in [3.63, 3.8) is 0 Å². The molecule has 3 N–H and O–H groups in total. The molecule has 0 unspecified atom stereocenters. The molecule has 0 aliphatic rings. The molecule has 136 valence electrons. The minimum absolute atomic E-state index is 0.0580. The van der Waals surface area contributed by atoms with E-state index >= 15 is 0 Å². The Balaban J connectivity index is 1.80. The number of amides is 1. The zero-order chi connectivity index (χ0) is 18.9. The number of anilines is 1. The molecule has 0 saturated carbocycles. The van der Waals surface area contributed by atoms with Gasteiger partial charge in [-0.15, -0.1) is 0 Å². The molecule has 26 heavy (non-hydrogen) atoms. The first kappa shape index (κ1) is 19.1. The van der Waals surface area contributed by atoms with Gasteiger partial charge in [0.1, 0.15) is 5.75 Å². The molecule has 0 fully saturated rings. The van der Waals surface area contributed by atoms with Crippen LogP contribution in [-0.2, 0) is 11.2 Å². The molecule has 0 heterocycles. The topological polar surface area (TPSA) is 106 Å². The predicted molar refractivity (Wildman–Crippen MR) is 102 cm³/mol. The summed E-state index contributed by atoms with van der Waals surface area (Å²) in [6.07, 6.45) is 0.166. The van der Waals surface area contributed by atoms with Crippen molar-refractivity contribution in [2.45, 2.75) is 13.3 Å². The summed E-state index contributed by atoms with van der Waals surface area (Å²) < 4.78 is 5.34. The average molecular weight is 374 g/mol. The number of hydrogen-bond donors (Lipinski definition) is 3. The van der Waals surface area contributed by atoms with E-state index in [1.165, 1.54) is 18.2 Å². The molecule has 0 saturated heterocycles. The van der Waals surface area contributed by atoms with Crippen LogP contribution in [0.25, 0.3) is 0 Å². The zero-order valence-electron chi connectivity index (χ0n) is 14.0. The van der Waals surface area contributed by atoms with Crippen molar-refractivity contribution in [2.75, 3.05) is 11.9 Å². The molecular weight excluding hydrogens is 356 g/mol. The summed E-state index contributed by atoms with van der Waals surface area (Å²) in [6.45, 7) is 2.48. The smallest absolute Gasteiger partial charge is 0.271 e. The lowest BCUT2D eigenvalue weighted by molar-refractivity contribution is -0.384. The van der Waals surface area contributed by atoms with E-state index in [0.717, 1.165) is 11.3 Å². The SMILES string of the molecule is CCOc1ccc(CC(=O)NNC(=S)Nc2cccc([N+](=O)[O-])c2)cc1. The second-order valence-corrected chi connectivity index (χ2v) is 5.60. The van der Waals surface area contributed by atoms with Crippen molar-refractivity contribution in [1.82, 2.24) is 10.9 Å². The maximum absolute atomic E-state index is 11.9. The van der Waals surface area contributed by atoms with E-state index in [-0.39, 0.29) is 23.1 Å². The van der Waals surface area contributed by atoms with Gasteiger partial charge in [0.05, 0.1) is 18.0 Å². The van der Waals surface area contributed by atoms with Crippen LogP contribution in [-0.4, -0.2) is 22.5 Å². The molecule has 0 bridgehead atoms. The molecule has 0 atom stereocenters. The largest absolute Gasteiger partial charge is 0.494 e. The van der Waals surface area contributed by atoms with Gasteiger partial charge in [-0.05, 0) is 42.9 Å². The average Bonchev–Trinajstić information content (AvgIpc) is 2.62. The van der Waals surface area contributed by atoms with Crippen LogP contribution in [0.1, 0.15) is 12.5 Å². The number of nitro groups is 1. The van der Waals surface area contributed by atoms with Crippen molar-refractivity contribution in [1.29, 1.82) is 0 Å². The lowest BCUT2D eigenvalue weighted by atomic mass is 10.1. The maximum atomic E-state index is 11.9. The number of non-ortho nitro benzene ring substituents is 1. The number of nitrogens with zero attached hydrogens (tertiary/aromatic N) is 1. The molecule has 1 amide bonds. The molecule has 0 radical (unpaired) electrons. The van der Waals surface area contributed by atoms with E-state index in [0.29, 0.717) is 12.3 Å². The number of carbonyl (C=O) groups excluding carboxylic acids is 1. The number of nitro benzene ring substituents is 1. The van der Waals surface area contributed by atoms with Gasteiger partial charge in [-0.25, -0.2) is 0 Å². The molecule has 0 spiro atoms. The molecule has 0 aliphatic heterocycles. The molecule has 2 rings (SSSR count). The fourth-order valence-corrected chi connectivity index (χ4v) is 2.25. The highest BCUT2D eigenvalue weighted by atomic mass is 32.1. The van der Waals surface area contributed by atoms with E-state index in [1.54, 1.807) is 18.2 Å². The number of nitrogens with one attached hydrogen (secondary N) is 3. The van der Waals surface area contributed by atoms with Gasteiger partial charge in [-0.3, -0.25) is 25.8 Å². The van der Waals surface area contributed by atoms with Gasteiger partial charge in [0.2, 0.25) is 5.91 Å². The van der Waals surface area contributed by atoms with Gasteiger partial charge < -0.3 is 10.1 Å². The fraction of sp³-hybridized carbons (Fsp3) is 0.176. The van der Waals surface area contributed by atoms with Crippen molar-refractivity contribution >= 4 is 34.6 Å². The predicted octanol–water partition coefficient (Wildman–Crippen LogP) is 2.55. The third-order valence-electron chi connectivity index (χ3n) is 3.23. The van der Waals surface area contributed by atoms with Gasteiger partial charge in [0.15, 0.2) is 5.11 Å². The quantitative estimate of drug-likeness (QED) is 0.405. The summed E-state index contributed by atoms with van der Waals surface area (Å²) in [4.78, 5) is 22.2. The second kappa shape index (κ2) is 9.33. The number of carbonyl (C=O) groups is 1. The van der Waals surface area contributed by atoms with Gasteiger partial charge >= 0.3 is 0 Å². The first-order valence-corrected chi connectivity index (χ1v) is 8.20. The first-order valence-electron chi connectivity index (χ1n) is 7.80. The minimum Gasteiger partial charge on any atom is -0.494 e. The van der Waals surface area contributed by atoms with Gasteiger partial charge in [0.25, 0.3) is 5.69 Å². The molecular formula is C17H18N4O4S. The Hall–Kier alpha value is -3.20. The summed E-state index contributed by atoms with van der Waals surface area (Å²) in [7, 11) is 0. The minimum atomic E-state index is -0.500. The van der Waals surface area contributed by atoms with Crippen LogP contribution in [0.15, 0.2) is 48.5 Å². The zero-order valence-corrected chi connectivity index (χ0v) is 14.8. The normalized spacial score (nSPS) is 9.88. The molecule has 0 aromatic heterocycles. The van der Waals surface area contributed by atoms with Crippen LogP contribution in [0, 0.1) is 10.1 Å². The van der Waals surface area contributed by atoms with Crippen LogP contribution in [0.2, 0.25) is 0 Å². The maximum Gasteiger partial charge on any atom is 0.271 e. The van der Waals surface area contributed by atoms with Crippen LogP contribution >= 0.6 is 12.2 Å². The Bertz CT molecular complexity index is 796. The molecule has 2 aromatic rings. The monoisotopic (exact) mass is 374 g/mol. The highest BCUT2D eigenvalue weighted by Crippen LogP contribution is 2.16. The molecule has 8 nitrogen and oxygen atoms in total. The second-order valence-electron chi connectivity index (χ2n) is 5.19. The van der Waals surface area contributed by atoms with Crippen LogP contribution in [0.3, 0.4) is 0 Å². The number of rotatable bonds is 6. The van der Waals surface area contributed by atoms with Crippen molar-refractivity contribution in [3.05, 3.63) is 64.2 Å². The summed E-state index contributed by atoms with van der Waals surface area (Å²) in [5, 5.41) is 13.6. The summed E-state index contributed by atoms with van der Waals surface area (Å²) in [5.74, 6) is 0.467. The van der Waals surface area contributed by atoms with Crippen molar-refractivity contribution in [3.8, 4) is 5.75 Å². The lowest BCUT2D eigenvalue weighted by Crippen LogP contribution is -2.44. The van der Waals surface area contributed by atoms with E-state index in [4.69, 9.17) is 17.0 Å². The highest BCUT2D eigenvalue weighted by molar-refractivity contribution is 7.80. The number of hydrogen-bond acceptors (Lipinski definition) is 5. The van der Waals surface area contributed by atoms with E-state index in [2.05, 4.69) is 16.2 Å². The summed E-state index contributed by atoms with van der Waals surface area (Å²) in [6, 6.07) is 13.1.